The summed E-state index contributed by atoms with van der Waals surface area (Å²) in [5, 5.41) is 0. The molecule has 0 heterocycles. The summed E-state index contributed by atoms with van der Waals surface area (Å²) in [6.45, 7) is 3.29. The van der Waals surface area contributed by atoms with Gasteiger partial charge in [-0.1, -0.05) is 42.3 Å². The molecule has 0 aliphatic carbocycles. The molecule has 1 rings (SSSR count). The Morgan fingerprint density at radius 1 is 1.44 bits per heavy atom. The Labute approximate surface area is 100 Å². The molecule has 0 aromatic heterocycles. The topological polar surface area (TPSA) is 51.2 Å². The zero-order valence-electron chi connectivity index (χ0n) is 9.10. The van der Waals surface area contributed by atoms with Crippen LogP contribution in [-0.4, -0.2) is 24.7 Å². The van der Waals surface area contributed by atoms with Gasteiger partial charge in [0.15, 0.2) is 20.3 Å². The molecule has 16 heavy (non-hydrogen) atoms. The quantitative estimate of drug-likeness (QED) is 0.616. The highest BCUT2D eigenvalue weighted by molar-refractivity contribution is 7.94. The van der Waals surface area contributed by atoms with Crippen molar-refractivity contribution < 1.29 is 13.2 Å². The van der Waals surface area contributed by atoms with E-state index in [0.717, 1.165) is 5.56 Å². The van der Waals surface area contributed by atoms with Gasteiger partial charge in [-0.15, -0.1) is 0 Å². The van der Waals surface area contributed by atoms with Gasteiger partial charge in [-0.05, 0) is 13.0 Å². The predicted octanol–water partition coefficient (Wildman–Crippen LogP) is 2.18. The molecule has 1 atom stereocenters. The predicted molar refractivity (Wildman–Crippen MR) is 64.6 cm³/mol. The number of sulfone groups is 1. The standard InChI is InChI=1S/C11H13ClO3S/c1-3-16(14,15)11(12)10(13)9-6-4-5-8(2)7-9/h4-7,11H,3H2,1-2H3/t11-/m0/s1. The van der Waals surface area contributed by atoms with Gasteiger partial charge in [-0.25, -0.2) is 8.42 Å². The number of halogens is 1. The van der Waals surface area contributed by atoms with Gasteiger partial charge >= 0.3 is 0 Å². The number of ketones is 1. The molecular weight excluding hydrogens is 248 g/mol. The van der Waals surface area contributed by atoms with Gasteiger partial charge in [0.1, 0.15) is 0 Å². The Bertz CT molecular complexity index is 494. The van der Waals surface area contributed by atoms with Crippen LogP contribution in [-0.2, 0) is 9.84 Å². The highest BCUT2D eigenvalue weighted by Crippen LogP contribution is 2.16. The third-order valence-corrected chi connectivity index (χ3v) is 4.89. The van der Waals surface area contributed by atoms with E-state index in [0.29, 0.717) is 5.56 Å². The van der Waals surface area contributed by atoms with Crippen molar-refractivity contribution in [3.63, 3.8) is 0 Å². The number of hydrogen-bond donors (Lipinski definition) is 0. The molecule has 88 valence electrons. The van der Waals surface area contributed by atoms with E-state index < -0.39 is 20.3 Å². The normalized spacial score (nSPS) is 13.4. The number of rotatable bonds is 4. The van der Waals surface area contributed by atoms with Gasteiger partial charge in [-0.2, -0.15) is 0 Å². The summed E-state index contributed by atoms with van der Waals surface area (Å²) in [5.41, 5.74) is 1.22. The van der Waals surface area contributed by atoms with E-state index in [1.807, 2.05) is 13.0 Å². The molecule has 0 aliphatic rings. The lowest BCUT2D eigenvalue weighted by Crippen LogP contribution is -2.26. The Kier molecular flexibility index (Phi) is 4.10. The molecule has 3 nitrogen and oxygen atoms in total. The van der Waals surface area contributed by atoms with E-state index in [-0.39, 0.29) is 5.75 Å². The minimum atomic E-state index is -3.54. The van der Waals surface area contributed by atoms with Gasteiger partial charge in [-0.3, -0.25) is 4.79 Å². The smallest absolute Gasteiger partial charge is 0.197 e. The molecule has 0 unspecified atom stereocenters. The van der Waals surface area contributed by atoms with Crippen LogP contribution in [0.4, 0.5) is 0 Å². The Morgan fingerprint density at radius 3 is 2.56 bits per heavy atom. The minimum absolute atomic E-state index is 0.140. The second-order valence-electron chi connectivity index (χ2n) is 3.50. The van der Waals surface area contributed by atoms with Crippen molar-refractivity contribution in [1.29, 1.82) is 0 Å². The minimum Gasteiger partial charge on any atom is -0.291 e. The molecule has 1 aromatic rings. The summed E-state index contributed by atoms with van der Waals surface area (Å²) in [6, 6.07) is 6.72. The van der Waals surface area contributed by atoms with Gasteiger partial charge in [0, 0.05) is 11.3 Å². The van der Waals surface area contributed by atoms with Crippen molar-refractivity contribution in [2.75, 3.05) is 5.75 Å². The van der Waals surface area contributed by atoms with E-state index in [1.165, 1.54) is 6.92 Å². The third kappa shape index (κ3) is 2.83. The van der Waals surface area contributed by atoms with Crippen molar-refractivity contribution in [2.45, 2.75) is 18.6 Å². The Balaban J connectivity index is 3.04. The second-order valence-corrected chi connectivity index (χ2v) is 6.57. The van der Waals surface area contributed by atoms with Crippen LogP contribution in [0.3, 0.4) is 0 Å². The van der Waals surface area contributed by atoms with E-state index >= 15 is 0 Å². The summed E-state index contributed by atoms with van der Waals surface area (Å²) in [4.78, 5) is 11.8. The van der Waals surface area contributed by atoms with Crippen LogP contribution in [0.1, 0.15) is 22.8 Å². The first-order chi connectivity index (χ1) is 7.38. The summed E-state index contributed by atoms with van der Waals surface area (Å²) < 4.78 is 21.4. The average molecular weight is 261 g/mol. The number of hydrogen-bond acceptors (Lipinski definition) is 3. The van der Waals surface area contributed by atoms with Crippen molar-refractivity contribution in [3.05, 3.63) is 35.4 Å². The second kappa shape index (κ2) is 4.97. The molecule has 0 radical (unpaired) electrons. The van der Waals surface area contributed by atoms with E-state index in [4.69, 9.17) is 11.6 Å². The number of Topliss-reactive ketones (excluding diaryl/α,β-unsaturated/α-hetero) is 1. The summed E-state index contributed by atoms with van der Waals surface area (Å²) >= 11 is 5.67. The van der Waals surface area contributed by atoms with E-state index in [1.54, 1.807) is 18.2 Å². The van der Waals surface area contributed by atoms with Crippen LogP contribution in [0.25, 0.3) is 0 Å². The van der Waals surface area contributed by atoms with Crippen molar-refractivity contribution in [1.82, 2.24) is 0 Å². The fraction of sp³-hybridized carbons (Fsp3) is 0.364. The molecule has 0 fully saturated rings. The molecule has 0 N–H and O–H groups in total. The van der Waals surface area contributed by atoms with Gasteiger partial charge in [0.25, 0.3) is 0 Å². The van der Waals surface area contributed by atoms with Crippen LogP contribution in [0, 0.1) is 6.92 Å². The third-order valence-electron chi connectivity index (χ3n) is 2.23. The zero-order chi connectivity index (χ0) is 12.3. The van der Waals surface area contributed by atoms with Crippen LogP contribution in [0.15, 0.2) is 24.3 Å². The maximum absolute atomic E-state index is 11.8. The molecule has 0 aliphatic heterocycles. The number of alkyl halides is 1. The molecule has 0 saturated carbocycles. The van der Waals surface area contributed by atoms with Crippen LogP contribution < -0.4 is 0 Å². The van der Waals surface area contributed by atoms with Gasteiger partial charge in [0.2, 0.25) is 0 Å². The number of carbonyl (C=O) groups is 1. The summed E-state index contributed by atoms with van der Waals surface area (Å²) in [7, 11) is -3.54. The number of aryl methyl sites for hydroxylation is 1. The lowest BCUT2D eigenvalue weighted by molar-refractivity contribution is 0.101. The zero-order valence-corrected chi connectivity index (χ0v) is 10.7. The van der Waals surface area contributed by atoms with Crippen LogP contribution >= 0.6 is 11.6 Å². The van der Waals surface area contributed by atoms with Crippen LogP contribution in [0.2, 0.25) is 0 Å². The fourth-order valence-corrected chi connectivity index (χ4v) is 2.50. The summed E-state index contributed by atoms with van der Waals surface area (Å²) in [6.07, 6.45) is 0. The lowest BCUT2D eigenvalue weighted by Gasteiger charge is -2.08. The molecule has 1 aromatic carbocycles. The number of benzene rings is 1. The molecule has 5 heteroatoms. The monoisotopic (exact) mass is 260 g/mol. The SMILES string of the molecule is CCS(=O)(=O)[C@H](Cl)C(=O)c1cccc(C)c1. The maximum atomic E-state index is 11.8. The first-order valence-electron chi connectivity index (χ1n) is 4.85. The number of carbonyl (C=O) groups excluding carboxylic acids is 1. The van der Waals surface area contributed by atoms with Gasteiger partial charge < -0.3 is 0 Å². The average Bonchev–Trinajstić information content (AvgIpc) is 2.27. The van der Waals surface area contributed by atoms with Crippen molar-refractivity contribution in [2.24, 2.45) is 0 Å². The summed E-state index contributed by atoms with van der Waals surface area (Å²) in [5.74, 6) is -0.703. The lowest BCUT2D eigenvalue weighted by atomic mass is 10.1. The molecule has 0 bridgehead atoms. The molecular formula is C11H13ClO3S. The molecule has 0 saturated heterocycles. The highest BCUT2D eigenvalue weighted by atomic mass is 35.5. The maximum Gasteiger partial charge on any atom is 0.197 e. The molecule has 0 amide bonds. The van der Waals surface area contributed by atoms with Gasteiger partial charge in [0.05, 0.1) is 0 Å². The van der Waals surface area contributed by atoms with Crippen LogP contribution in [0.5, 0.6) is 0 Å². The van der Waals surface area contributed by atoms with Crippen molar-refractivity contribution in [3.8, 4) is 0 Å². The molecule has 0 spiro atoms. The van der Waals surface area contributed by atoms with Crippen molar-refractivity contribution >= 4 is 27.2 Å². The highest BCUT2D eigenvalue weighted by Gasteiger charge is 2.29. The fourth-order valence-electron chi connectivity index (χ4n) is 1.24. The first kappa shape index (κ1) is 13.2. The van der Waals surface area contributed by atoms with E-state index in [9.17, 15) is 13.2 Å². The Hall–Kier alpha value is -0.870. The largest absolute Gasteiger partial charge is 0.291 e. The van der Waals surface area contributed by atoms with E-state index in [2.05, 4.69) is 0 Å². The first-order valence-corrected chi connectivity index (χ1v) is 7.00. The Morgan fingerprint density at radius 2 is 2.06 bits per heavy atom.